The van der Waals surface area contributed by atoms with Crippen molar-refractivity contribution >= 4 is 50.9 Å². The van der Waals surface area contributed by atoms with E-state index in [0.29, 0.717) is 44.7 Å². The lowest BCUT2D eigenvalue weighted by Gasteiger charge is -2.08. The number of nitrogens with one attached hydrogen (secondary N) is 1. The van der Waals surface area contributed by atoms with Gasteiger partial charge in [-0.15, -0.1) is 11.3 Å². The summed E-state index contributed by atoms with van der Waals surface area (Å²) in [5.41, 5.74) is 0.756. The van der Waals surface area contributed by atoms with Gasteiger partial charge in [0.15, 0.2) is 6.61 Å². The van der Waals surface area contributed by atoms with E-state index in [1.807, 2.05) is 0 Å². The van der Waals surface area contributed by atoms with Gasteiger partial charge in [-0.1, -0.05) is 18.2 Å². The van der Waals surface area contributed by atoms with Crippen LogP contribution in [-0.2, 0) is 22.5 Å². The van der Waals surface area contributed by atoms with Crippen LogP contribution in [0.4, 0.5) is 14.5 Å². The van der Waals surface area contributed by atoms with Crippen molar-refractivity contribution in [2.75, 3.05) is 11.9 Å². The molecular formula is C22H21F2N3O4S2. The predicted molar refractivity (Wildman–Crippen MR) is 123 cm³/mol. The van der Waals surface area contributed by atoms with Crippen LogP contribution in [0.15, 0.2) is 34.0 Å². The average Bonchev–Trinajstić information content (AvgIpc) is 2.94. The summed E-state index contributed by atoms with van der Waals surface area (Å²) in [4.78, 5) is 43.5. The van der Waals surface area contributed by atoms with Crippen molar-refractivity contribution in [3.05, 3.63) is 50.9 Å². The van der Waals surface area contributed by atoms with Gasteiger partial charge >= 0.3 is 5.97 Å². The first-order valence-corrected chi connectivity index (χ1v) is 12.1. The van der Waals surface area contributed by atoms with E-state index in [9.17, 15) is 23.2 Å². The minimum Gasteiger partial charge on any atom is -0.451 e. The van der Waals surface area contributed by atoms with Crippen molar-refractivity contribution in [2.45, 2.75) is 49.8 Å². The Morgan fingerprint density at radius 2 is 2.00 bits per heavy atom. The normalized spacial score (nSPS) is 13.6. The number of thioether (sulfide) groups is 1. The minimum absolute atomic E-state index is 0.143. The third-order valence-corrected chi connectivity index (χ3v) is 7.18. The summed E-state index contributed by atoms with van der Waals surface area (Å²) < 4.78 is 31.6. The van der Waals surface area contributed by atoms with E-state index in [0.717, 1.165) is 42.8 Å². The van der Waals surface area contributed by atoms with E-state index in [1.165, 1.54) is 24.3 Å². The van der Waals surface area contributed by atoms with Crippen LogP contribution in [-0.4, -0.2) is 33.8 Å². The summed E-state index contributed by atoms with van der Waals surface area (Å²) in [6, 6.07) is 5.91. The highest BCUT2D eigenvalue weighted by molar-refractivity contribution is 7.99. The number of hydrogen-bond donors (Lipinski definition) is 1. The number of amides is 1. The molecule has 3 heterocycles. The van der Waals surface area contributed by atoms with Crippen LogP contribution in [0.25, 0.3) is 10.2 Å². The van der Waals surface area contributed by atoms with Gasteiger partial charge in [0.05, 0.1) is 5.39 Å². The van der Waals surface area contributed by atoms with E-state index in [4.69, 9.17) is 4.74 Å². The number of carbonyl (C=O) groups is 2. The molecule has 0 unspecified atom stereocenters. The van der Waals surface area contributed by atoms with E-state index >= 15 is 0 Å². The number of rotatable bonds is 6. The van der Waals surface area contributed by atoms with Crippen LogP contribution < -0.4 is 10.9 Å². The molecule has 11 heteroatoms. The molecule has 7 nitrogen and oxygen atoms in total. The molecule has 0 bridgehead atoms. The van der Waals surface area contributed by atoms with Gasteiger partial charge in [0.2, 0.25) is 0 Å². The highest BCUT2D eigenvalue weighted by Crippen LogP contribution is 2.29. The molecule has 174 valence electrons. The highest BCUT2D eigenvalue weighted by Gasteiger charge is 2.23. The molecule has 4 rings (SSSR count). The standard InChI is InChI=1S/C22H21F2N3O4S2/c1-12-17-19(26-15-5-3-2-4-10-27(15)20(17)29)33-18(12)21(30)31-11-16(28)25-13-6-8-14(9-7-13)32-22(23)24/h6-9,22H,2-5,10-11H2,1H3,(H,25,28). The Morgan fingerprint density at radius 1 is 1.24 bits per heavy atom. The number of thiophene rings is 1. The second kappa shape index (κ2) is 10.0. The molecule has 1 aliphatic heterocycles. The van der Waals surface area contributed by atoms with Crippen molar-refractivity contribution < 1.29 is 23.1 Å². The summed E-state index contributed by atoms with van der Waals surface area (Å²) in [5, 5.41) is 2.97. The van der Waals surface area contributed by atoms with Crippen molar-refractivity contribution in [3.63, 3.8) is 0 Å². The van der Waals surface area contributed by atoms with Crippen LogP contribution in [0.3, 0.4) is 0 Å². The number of hydrogen-bond acceptors (Lipinski definition) is 7. The second-order valence-electron chi connectivity index (χ2n) is 7.56. The zero-order valence-electron chi connectivity index (χ0n) is 17.7. The number of esters is 1. The maximum absolute atomic E-state index is 13.0. The smallest absolute Gasteiger partial charge is 0.349 e. The number of aryl methyl sites for hydroxylation is 2. The molecule has 2 aromatic heterocycles. The lowest BCUT2D eigenvalue weighted by molar-refractivity contribution is -0.119. The number of carbonyl (C=O) groups excluding carboxylic acids is 2. The maximum atomic E-state index is 13.0. The monoisotopic (exact) mass is 493 g/mol. The third-order valence-electron chi connectivity index (χ3n) is 5.29. The number of ether oxygens (including phenoxy) is 1. The Balaban J connectivity index is 1.43. The van der Waals surface area contributed by atoms with Gasteiger partial charge in [-0.2, -0.15) is 8.78 Å². The van der Waals surface area contributed by atoms with Gasteiger partial charge in [0, 0.05) is 23.5 Å². The number of fused-ring (bicyclic) bond motifs is 2. The van der Waals surface area contributed by atoms with E-state index in [1.54, 1.807) is 11.5 Å². The summed E-state index contributed by atoms with van der Waals surface area (Å²) in [6.07, 6.45) is 3.67. The van der Waals surface area contributed by atoms with Gasteiger partial charge < -0.3 is 10.1 Å². The van der Waals surface area contributed by atoms with E-state index in [-0.39, 0.29) is 10.4 Å². The molecule has 3 aromatic rings. The number of aromatic nitrogens is 2. The lowest BCUT2D eigenvalue weighted by Crippen LogP contribution is -2.24. The first kappa shape index (κ1) is 23.4. The highest BCUT2D eigenvalue weighted by atomic mass is 32.2. The first-order valence-electron chi connectivity index (χ1n) is 10.4. The van der Waals surface area contributed by atoms with E-state index in [2.05, 4.69) is 10.3 Å². The van der Waals surface area contributed by atoms with Crippen molar-refractivity contribution in [2.24, 2.45) is 0 Å². The number of alkyl halides is 2. The summed E-state index contributed by atoms with van der Waals surface area (Å²) in [6.45, 7) is 1.78. The molecule has 1 amide bonds. The number of anilines is 1. The quantitative estimate of drug-likeness (QED) is 0.399. The molecule has 1 aliphatic rings. The number of benzene rings is 1. The fourth-order valence-electron chi connectivity index (χ4n) is 3.72. The molecule has 33 heavy (non-hydrogen) atoms. The van der Waals surface area contributed by atoms with Crippen LogP contribution >= 0.6 is 23.1 Å². The molecule has 0 radical (unpaired) electrons. The first-order chi connectivity index (χ1) is 15.8. The van der Waals surface area contributed by atoms with Crippen LogP contribution in [0.2, 0.25) is 0 Å². The maximum Gasteiger partial charge on any atom is 0.349 e. The fourth-order valence-corrected chi connectivity index (χ4v) is 5.30. The number of nitrogens with zero attached hydrogens (tertiary/aromatic N) is 2. The molecule has 0 aliphatic carbocycles. The molecule has 0 fully saturated rings. The zero-order chi connectivity index (χ0) is 23.5. The van der Waals surface area contributed by atoms with Crippen molar-refractivity contribution in [1.82, 2.24) is 9.55 Å². The van der Waals surface area contributed by atoms with Crippen molar-refractivity contribution in [3.8, 4) is 0 Å². The Kier molecular flexibility index (Phi) is 7.08. The Hall–Kier alpha value is -2.79. The SMILES string of the molecule is Cc1c(C(=O)OCC(=O)Nc2ccc(SC(F)F)cc2)sc2nc3n(c(=O)c12)CCCCC3. The lowest BCUT2D eigenvalue weighted by atomic mass is 10.2. The van der Waals surface area contributed by atoms with Crippen LogP contribution in [0.1, 0.15) is 40.3 Å². The molecule has 1 N–H and O–H groups in total. The Labute approximate surface area is 196 Å². The molecule has 0 atom stereocenters. The van der Waals surface area contributed by atoms with Crippen LogP contribution in [0.5, 0.6) is 0 Å². The summed E-state index contributed by atoms with van der Waals surface area (Å²) in [5.74, 6) is -3.05. The predicted octanol–water partition coefficient (Wildman–Crippen LogP) is 4.60. The average molecular weight is 494 g/mol. The van der Waals surface area contributed by atoms with Gasteiger partial charge in [-0.25, -0.2) is 9.78 Å². The summed E-state index contributed by atoms with van der Waals surface area (Å²) in [7, 11) is 0. The molecular weight excluding hydrogens is 472 g/mol. The minimum atomic E-state index is -2.52. The van der Waals surface area contributed by atoms with Gasteiger partial charge in [-0.3, -0.25) is 14.2 Å². The molecule has 0 saturated carbocycles. The van der Waals surface area contributed by atoms with Crippen molar-refractivity contribution in [1.29, 1.82) is 0 Å². The third kappa shape index (κ3) is 5.25. The number of halogens is 2. The Bertz CT molecular complexity index is 1260. The fraction of sp³-hybridized carbons (Fsp3) is 0.364. The zero-order valence-corrected chi connectivity index (χ0v) is 19.4. The topological polar surface area (TPSA) is 90.3 Å². The second-order valence-corrected chi connectivity index (χ2v) is 9.62. The van der Waals surface area contributed by atoms with E-state index < -0.39 is 24.2 Å². The van der Waals surface area contributed by atoms with Gasteiger partial charge in [-0.05, 0) is 49.6 Å². The Morgan fingerprint density at radius 3 is 2.73 bits per heavy atom. The van der Waals surface area contributed by atoms with Gasteiger partial charge in [0.1, 0.15) is 15.5 Å². The van der Waals surface area contributed by atoms with Crippen LogP contribution in [0, 0.1) is 6.92 Å². The molecule has 1 aromatic carbocycles. The molecule has 0 saturated heterocycles. The molecule has 0 spiro atoms. The summed E-state index contributed by atoms with van der Waals surface area (Å²) >= 11 is 1.50. The largest absolute Gasteiger partial charge is 0.451 e. The van der Waals surface area contributed by atoms with Gasteiger partial charge in [0.25, 0.3) is 17.2 Å².